The highest BCUT2D eigenvalue weighted by atomic mass is 32.2. The van der Waals surface area contributed by atoms with Crippen molar-refractivity contribution in [3.05, 3.63) is 47.5 Å². The summed E-state index contributed by atoms with van der Waals surface area (Å²) in [5.74, 6) is -0.183. The molecule has 1 aromatic heterocycles. The van der Waals surface area contributed by atoms with E-state index in [-0.39, 0.29) is 5.92 Å². The van der Waals surface area contributed by atoms with Gasteiger partial charge in [-0.15, -0.1) is 0 Å². The van der Waals surface area contributed by atoms with Crippen molar-refractivity contribution in [2.75, 3.05) is 33.4 Å². The number of aryl methyl sites for hydroxylation is 1. The quantitative estimate of drug-likeness (QED) is 0.315. The van der Waals surface area contributed by atoms with Gasteiger partial charge >= 0.3 is 0 Å². The van der Waals surface area contributed by atoms with Crippen LogP contribution in [0.3, 0.4) is 0 Å². The first-order valence-corrected chi connectivity index (χ1v) is 12.7. The molecule has 0 saturated carbocycles. The number of hydroxylamine groups is 1. The molecule has 3 rings (SSSR count). The van der Waals surface area contributed by atoms with E-state index in [2.05, 4.69) is 17.1 Å². The number of amides is 1. The number of nitrogens with zero attached hydrogens (tertiary/aromatic N) is 2. The largest absolute Gasteiger partial charge is 0.475 e. The van der Waals surface area contributed by atoms with Crippen molar-refractivity contribution in [2.24, 2.45) is 0 Å². The van der Waals surface area contributed by atoms with Gasteiger partial charge < -0.3 is 9.47 Å². The van der Waals surface area contributed by atoms with E-state index in [4.69, 9.17) is 14.7 Å². The van der Waals surface area contributed by atoms with Crippen molar-refractivity contribution >= 4 is 15.9 Å². The van der Waals surface area contributed by atoms with Gasteiger partial charge in [0.15, 0.2) is 4.75 Å². The molecule has 1 aromatic carbocycles. The van der Waals surface area contributed by atoms with Crippen molar-refractivity contribution in [3.8, 4) is 17.1 Å². The second kappa shape index (κ2) is 10.8. The van der Waals surface area contributed by atoms with Gasteiger partial charge in [0, 0.05) is 31.8 Å². The summed E-state index contributed by atoms with van der Waals surface area (Å²) in [6.07, 6.45) is 1.30. The minimum Gasteiger partial charge on any atom is -0.475 e. The molecule has 10 heteroatoms. The fourth-order valence-corrected chi connectivity index (χ4v) is 5.72. The van der Waals surface area contributed by atoms with Crippen molar-refractivity contribution < 1.29 is 27.9 Å². The van der Waals surface area contributed by atoms with Crippen LogP contribution in [0, 0.1) is 6.92 Å². The molecule has 0 aliphatic carbocycles. The van der Waals surface area contributed by atoms with Crippen LogP contribution in [-0.4, -0.2) is 67.0 Å². The first-order valence-electron chi connectivity index (χ1n) is 11.3. The van der Waals surface area contributed by atoms with Gasteiger partial charge in [0.25, 0.3) is 5.91 Å². The number of nitrogens with one attached hydrogen (secondary N) is 1. The van der Waals surface area contributed by atoms with Crippen molar-refractivity contribution in [1.29, 1.82) is 0 Å². The van der Waals surface area contributed by atoms with Crippen LogP contribution in [0.15, 0.2) is 36.4 Å². The number of rotatable bonds is 9. The zero-order valence-corrected chi connectivity index (χ0v) is 20.9. The Labute approximate surface area is 201 Å². The third kappa shape index (κ3) is 5.41. The highest BCUT2D eigenvalue weighted by Crippen LogP contribution is 2.34. The SMILES string of the molecule is COCCOc1cccc(-c2ccc(C3CCN(S(=O)(=O)C(C)(C)C(=O)NO)CC3)cc2C)n1. The van der Waals surface area contributed by atoms with E-state index < -0.39 is 20.7 Å². The number of benzene rings is 1. The van der Waals surface area contributed by atoms with E-state index in [9.17, 15) is 13.2 Å². The number of piperidine rings is 1. The van der Waals surface area contributed by atoms with Gasteiger partial charge in [-0.3, -0.25) is 10.0 Å². The van der Waals surface area contributed by atoms with Gasteiger partial charge in [-0.25, -0.2) is 23.2 Å². The lowest BCUT2D eigenvalue weighted by atomic mass is 9.88. The average molecular weight is 492 g/mol. The molecular formula is C24H33N3O6S. The number of ether oxygens (including phenoxy) is 2. The second-order valence-electron chi connectivity index (χ2n) is 8.91. The smallest absolute Gasteiger partial charge is 0.265 e. The number of methoxy groups -OCH3 is 1. The van der Waals surface area contributed by atoms with Gasteiger partial charge in [-0.05, 0) is 56.7 Å². The van der Waals surface area contributed by atoms with Crippen molar-refractivity contribution in [3.63, 3.8) is 0 Å². The van der Waals surface area contributed by atoms with E-state index >= 15 is 0 Å². The predicted molar refractivity (Wildman–Crippen MR) is 128 cm³/mol. The minimum atomic E-state index is -3.91. The predicted octanol–water partition coefficient (Wildman–Crippen LogP) is 2.88. The summed E-state index contributed by atoms with van der Waals surface area (Å²) in [5.41, 5.74) is 5.53. The Hall–Kier alpha value is -2.53. The van der Waals surface area contributed by atoms with Crippen LogP contribution in [0.4, 0.5) is 0 Å². The van der Waals surface area contributed by atoms with Crippen LogP contribution < -0.4 is 10.2 Å². The van der Waals surface area contributed by atoms with Crippen LogP contribution in [0.25, 0.3) is 11.3 Å². The molecule has 0 spiro atoms. The number of pyridine rings is 1. The molecule has 0 unspecified atom stereocenters. The standard InChI is InChI=1S/C24H33N3O6S/c1-17-16-19(8-9-20(17)21-6-5-7-22(25-21)33-15-14-32-4)18-10-12-27(13-11-18)34(30,31)24(2,3)23(28)26-29/h5-9,16,18,29H,10-15H2,1-4H3,(H,26,28). The fourth-order valence-electron chi connectivity index (χ4n) is 4.11. The first kappa shape index (κ1) is 26.1. The summed E-state index contributed by atoms with van der Waals surface area (Å²) in [6.45, 7) is 6.19. The van der Waals surface area contributed by atoms with E-state index in [1.165, 1.54) is 23.6 Å². The molecular weight excluding hydrogens is 458 g/mol. The van der Waals surface area contributed by atoms with E-state index in [0.717, 1.165) is 22.4 Å². The molecule has 2 heterocycles. The summed E-state index contributed by atoms with van der Waals surface area (Å²) >= 11 is 0. The van der Waals surface area contributed by atoms with Crippen molar-refractivity contribution in [1.82, 2.24) is 14.8 Å². The molecule has 1 amide bonds. The minimum absolute atomic E-state index is 0.214. The lowest BCUT2D eigenvalue weighted by Crippen LogP contribution is -2.54. The number of sulfonamides is 1. The Balaban J connectivity index is 1.70. The lowest BCUT2D eigenvalue weighted by Gasteiger charge is -2.36. The number of hydrogen-bond acceptors (Lipinski definition) is 7. The highest BCUT2D eigenvalue weighted by Gasteiger charge is 2.46. The van der Waals surface area contributed by atoms with Crippen LogP contribution in [0.2, 0.25) is 0 Å². The molecule has 2 N–H and O–H groups in total. The monoisotopic (exact) mass is 491 g/mol. The summed E-state index contributed by atoms with van der Waals surface area (Å²) in [7, 11) is -2.29. The Morgan fingerprint density at radius 3 is 2.53 bits per heavy atom. The van der Waals surface area contributed by atoms with Crippen molar-refractivity contribution in [2.45, 2.75) is 44.3 Å². The number of aromatic nitrogens is 1. The Bertz CT molecular complexity index is 1110. The fraction of sp³-hybridized carbons (Fsp3) is 0.500. The summed E-state index contributed by atoms with van der Waals surface area (Å²) in [5, 5.41) is 8.92. The average Bonchev–Trinajstić information content (AvgIpc) is 2.83. The van der Waals surface area contributed by atoms with Gasteiger partial charge in [0.1, 0.15) is 6.61 Å². The molecule has 34 heavy (non-hydrogen) atoms. The zero-order valence-electron chi connectivity index (χ0n) is 20.1. The Kier molecular flexibility index (Phi) is 8.29. The van der Waals surface area contributed by atoms with Gasteiger partial charge in [-0.1, -0.05) is 24.3 Å². The lowest BCUT2D eigenvalue weighted by molar-refractivity contribution is -0.131. The summed E-state index contributed by atoms with van der Waals surface area (Å²) in [6, 6.07) is 11.9. The summed E-state index contributed by atoms with van der Waals surface area (Å²) in [4.78, 5) is 16.5. The molecule has 1 aliphatic heterocycles. The normalized spacial score (nSPS) is 15.8. The van der Waals surface area contributed by atoms with E-state index in [0.29, 0.717) is 45.0 Å². The first-order chi connectivity index (χ1) is 16.1. The van der Waals surface area contributed by atoms with E-state index in [1.54, 1.807) is 7.11 Å². The Morgan fingerprint density at radius 2 is 1.91 bits per heavy atom. The van der Waals surface area contributed by atoms with Crippen LogP contribution in [-0.2, 0) is 19.6 Å². The zero-order chi connectivity index (χ0) is 24.9. The maximum absolute atomic E-state index is 12.9. The molecule has 1 aliphatic rings. The number of hydrogen-bond donors (Lipinski definition) is 2. The molecule has 9 nitrogen and oxygen atoms in total. The highest BCUT2D eigenvalue weighted by molar-refractivity contribution is 7.91. The molecule has 0 atom stereocenters. The molecule has 2 aromatic rings. The topological polar surface area (TPSA) is 118 Å². The van der Waals surface area contributed by atoms with Crippen LogP contribution in [0.1, 0.15) is 43.7 Å². The molecule has 0 bridgehead atoms. The maximum atomic E-state index is 12.9. The van der Waals surface area contributed by atoms with Gasteiger partial charge in [-0.2, -0.15) is 0 Å². The molecule has 186 valence electrons. The van der Waals surface area contributed by atoms with Crippen LogP contribution in [0.5, 0.6) is 5.88 Å². The molecule has 1 fully saturated rings. The van der Waals surface area contributed by atoms with Gasteiger partial charge in [0.2, 0.25) is 15.9 Å². The molecule has 0 radical (unpaired) electrons. The second-order valence-corrected chi connectivity index (χ2v) is 11.4. The Morgan fingerprint density at radius 1 is 1.21 bits per heavy atom. The maximum Gasteiger partial charge on any atom is 0.265 e. The van der Waals surface area contributed by atoms with Gasteiger partial charge in [0.05, 0.1) is 12.3 Å². The number of carbonyl (C=O) groups is 1. The number of carbonyl (C=O) groups excluding carboxylic acids is 1. The van der Waals surface area contributed by atoms with Crippen LogP contribution >= 0.6 is 0 Å². The summed E-state index contributed by atoms with van der Waals surface area (Å²) < 4.78 is 36.1. The third-order valence-corrected chi connectivity index (χ3v) is 8.87. The molecule has 1 saturated heterocycles. The van der Waals surface area contributed by atoms with E-state index in [1.807, 2.05) is 31.2 Å². The third-order valence-electron chi connectivity index (χ3n) is 6.35.